The van der Waals surface area contributed by atoms with Crippen molar-refractivity contribution in [3.8, 4) is 0 Å². The Morgan fingerprint density at radius 2 is 2.18 bits per heavy atom. The Kier molecular flexibility index (Phi) is 5.11. The monoisotopic (exact) mass is 324 g/mol. The molecule has 2 amide bonds. The van der Waals surface area contributed by atoms with Gasteiger partial charge in [0.15, 0.2) is 0 Å². The van der Waals surface area contributed by atoms with Gasteiger partial charge in [0.1, 0.15) is 5.60 Å². The lowest BCUT2D eigenvalue weighted by Gasteiger charge is -2.30. The topological polar surface area (TPSA) is 49.9 Å². The first kappa shape index (κ1) is 16.8. The number of hydrogen-bond acceptors (Lipinski definition) is 4. The molecule has 5 nitrogen and oxygen atoms in total. The van der Waals surface area contributed by atoms with E-state index in [1.165, 1.54) is 11.3 Å². The van der Waals surface area contributed by atoms with Gasteiger partial charge >= 0.3 is 6.09 Å². The van der Waals surface area contributed by atoms with E-state index in [9.17, 15) is 9.59 Å². The molecule has 122 valence electrons. The summed E-state index contributed by atoms with van der Waals surface area (Å²) in [4.78, 5) is 28.7. The maximum atomic E-state index is 12.3. The van der Waals surface area contributed by atoms with Gasteiger partial charge in [0.25, 0.3) is 5.91 Å². The van der Waals surface area contributed by atoms with E-state index in [2.05, 4.69) is 0 Å². The Balaban J connectivity index is 1.96. The van der Waals surface area contributed by atoms with Crippen LogP contribution in [-0.4, -0.2) is 53.6 Å². The first-order valence-corrected chi connectivity index (χ1v) is 8.44. The number of ether oxygens (including phenoxy) is 1. The van der Waals surface area contributed by atoms with E-state index >= 15 is 0 Å². The fourth-order valence-electron chi connectivity index (χ4n) is 2.57. The number of nitrogens with zero attached hydrogens (tertiary/aromatic N) is 2. The molecule has 6 heteroatoms. The van der Waals surface area contributed by atoms with Crippen LogP contribution in [0.5, 0.6) is 0 Å². The minimum atomic E-state index is -0.497. The lowest BCUT2D eigenvalue weighted by Crippen LogP contribution is -2.45. The summed E-state index contributed by atoms with van der Waals surface area (Å²) in [5.41, 5.74) is -0.497. The zero-order chi connectivity index (χ0) is 16.3. The molecule has 1 saturated heterocycles. The Morgan fingerprint density at radius 1 is 1.45 bits per heavy atom. The highest BCUT2D eigenvalue weighted by atomic mass is 32.1. The summed E-state index contributed by atoms with van der Waals surface area (Å²) >= 11 is 1.44. The molecule has 1 fully saturated rings. The first-order chi connectivity index (χ1) is 10.3. The standard InChI is InChI=1S/C16H24N2O3S/c1-16(2,3)21-15(20)18-9-5-7-12(18)11-17(4)14(19)13-8-6-10-22-13/h6,8,10,12H,5,7,9,11H2,1-4H3/t12-/m0/s1. The second-order valence-corrected chi connectivity index (χ2v) is 7.58. The molecule has 1 atom stereocenters. The second-order valence-electron chi connectivity index (χ2n) is 6.63. The third kappa shape index (κ3) is 4.22. The van der Waals surface area contributed by atoms with Gasteiger partial charge in [-0.1, -0.05) is 6.07 Å². The van der Waals surface area contributed by atoms with Gasteiger partial charge in [-0.25, -0.2) is 4.79 Å². The molecule has 0 aliphatic carbocycles. The van der Waals surface area contributed by atoms with Crippen LogP contribution in [0, 0.1) is 0 Å². The molecule has 0 bridgehead atoms. The van der Waals surface area contributed by atoms with Crippen LogP contribution >= 0.6 is 11.3 Å². The minimum absolute atomic E-state index is 0.00559. The van der Waals surface area contributed by atoms with E-state index < -0.39 is 5.60 Å². The number of thiophene rings is 1. The van der Waals surface area contributed by atoms with Gasteiger partial charge < -0.3 is 14.5 Å². The molecular weight excluding hydrogens is 300 g/mol. The predicted molar refractivity (Wildman–Crippen MR) is 87.2 cm³/mol. The minimum Gasteiger partial charge on any atom is -0.444 e. The largest absolute Gasteiger partial charge is 0.444 e. The summed E-state index contributed by atoms with van der Waals surface area (Å²) in [7, 11) is 1.79. The van der Waals surface area contributed by atoms with Crippen LogP contribution in [0.4, 0.5) is 4.79 Å². The molecule has 0 N–H and O–H groups in total. The lowest BCUT2D eigenvalue weighted by molar-refractivity contribution is 0.0199. The summed E-state index contributed by atoms with van der Waals surface area (Å²) < 4.78 is 5.45. The summed E-state index contributed by atoms with van der Waals surface area (Å²) in [5.74, 6) is 0.00559. The zero-order valence-corrected chi connectivity index (χ0v) is 14.5. The molecular formula is C16H24N2O3S. The smallest absolute Gasteiger partial charge is 0.410 e. The number of likely N-dealkylation sites (tertiary alicyclic amines) is 1. The van der Waals surface area contributed by atoms with Crippen LogP contribution in [0.25, 0.3) is 0 Å². The number of likely N-dealkylation sites (N-methyl/N-ethyl adjacent to an activating group) is 1. The molecule has 0 saturated carbocycles. The molecule has 1 aliphatic heterocycles. The fourth-order valence-corrected chi connectivity index (χ4v) is 3.29. The summed E-state index contributed by atoms with van der Waals surface area (Å²) in [6.45, 7) is 6.82. The average Bonchev–Trinajstić information content (AvgIpc) is 3.06. The highest BCUT2D eigenvalue weighted by molar-refractivity contribution is 7.12. The Morgan fingerprint density at radius 3 is 2.77 bits per heavy atom. The van der Waals surface area contributed by atoms with Crippen molar-refractivity contribution in [3.05, 3.63) is 22.4 Å². The summed E-state index contributed by atoms with van der Waals surface area (Å²) in [6.07, 6.45) is 1.57. The molecule has 1 aromatic rings. The van der Waals surface area contributed by atoms with Crippen LogP contribution < -0.4 is 0 Å². The molecule has 0 unspecified atom stereocenters. The predicted octanol–water partition coefficient (Wildman–Crippen LogP) is 3.22. The number of carbonyl (C=O) groups excluding carboxylic acids is 2. The van der Waals surface area contributed by atoms with Crippen molar-refractivity contribution < 1.29 is 14.3 Å². The number of carbonyl (C=O) groups is 2. The van der Waals surface area contributed by atoms with E-state index in [1.807, 2.05) is 38.3 Å². The van der Waals surface area contributed by atoms with E-state index in [4.69, 9.17) is 4.74 Å². The maximum Gasteiger partial charge on any atom is 0.410 e. The molecule has 0 spiro atoms. The molecule has 22 heavy (non-hydrogen) atoms. The second kappa shape index (κ2) is 6.69. The van der Waals surface area contributed by atoms with Crippen LogP contribution in [0.3, 0.4) is 0 Å². The van der Waals surface area contributed by atoms with Crippen molar-refractivity contribution in [1.82, 2.24) is 9.80 Å². The van der Waals surface area contributed by atoms with Gasteiger partial charge in [-0.15, -0.1) is 11.3 Å². The molecule has 1 aromatic heterocycles. The number of hydrogen-bond donors (Lipinski definition) is 0. The van der Waals surface area contributed by atoms with Gasteiger partial charge in [0.2, 0.25) is 0 Å². The quantitative estimate of drug-likeness (QED) is 0.858. The summed E-state index contributed by atoms with van der Waals surface area (Å²) in [6, 6.07) is 3.72. The van der Waals surface area contributed by atoms with Gasteiger partial charge in [0.05, 0.1) is 10.9 Å². The van der Waals surface area contributed by atoms with Crippen molar-refractivity contribution in [2.24, 2.45) is 0 Å². The van der Waals surface area contributed by atoms with Crippen LogP contribution in [0.15, 0.2) is 17.5 Å². The number of amides is 2. The normalized spacial score (nSPS) is 18.4. The van der Waals surface area contributed by atoms with E-state index in [-0.39, 0.29) is 18.0 Å². The van der Waals surface area contributed by atoms with Gasteiger partial charge in [-0.3, -0.25) is 4.79 Å². The number of rotatable bonds is 3. The molecule has 2 rings (SSSR count). The SMILES string of the molecule is CN(C[C@@H]1CCCN1C(=O)OC(C)(C)C)C(=O)c1cccs1. The zero-order valence-electron chi connectivity index (χ0n) is 13.7. The van der Waals surface area contributed by atoms with Crippen molar-refractivity contribution >= 4 is 23.3 Å². The van der Waals surface area contributed by atoms with E-state index in [0.29, 0.717) is 13.1 Å². The van der Waals surface area contributed by atoms with Gasteiger partial charge in [0, 0.05) is 20.1 Å². The molecule has 1 aliphatic rings. The first-order valence-electron chi connectivity index (χ1n) is 7.56. The Labute approximate surface area is 135 Å². The van der Waals surface area contributed by atoms with Crippen molar-refractivity contribution in [1.29, 1.82) is 0 Å². The van der Waals surface area contributed by atoms with E-state index in [1.54, 1.807) is 16.8 Å². The third-order valence-corrected chi connectivity index (χ3v) is 4.43. The molecule has 0 radical (unpaired) electrons. The molecule has 2 heterocycles. The molecule has 0 aromatic carbocycles. The van der Waals surface area contributed by atoms with Crippen LogP contribution in [-0.2, 0) is 4.74 Å². The maximum absolute atomic E-state index is 12.3. The van der Waals surface area contributed by atoms with Gasteiger partial charge in [-0.05, 0) is 45.1 Å². The van der Waals surface area contributed by atoms with Crippen LogP contribution in [0.1, 0.15) is 43.3 Å². The highest BCUT2D eigenvalue weighted by Gasteiger charge is 2.33. The Hall–Kier alpha value is -1.56. The van der Waals surface area contributed by atoms with Crippen molar-refractivity contribution in [2.75, 3.05) is 20.1 Å². The highest BCUT2D eigenvalue weighted by Crippen LogP contribution is 2.22. The van der Waals surface area contributed by atoms with Crippen molar-refractivity contribution in [3.63, 3.8) is 0 Å². The lowest BCUT2D eigenvalue weighted by atomic mass is 10.2. The average molecular weight is 324 g/mol. The summed E-state index contributed by atoms with van der Waals surface area (Å²) in [5, 5.41) is 1.89. The van der Waals surface area contributed by atoms with Gasteiger partial charge in [-0.2, -0.15) is 0 Å². The van der Waals surface area contributed by atoms with Crippen molar-refractivity contribution in [2.45, 2.75) is 45.3 Å². The van der Waals surface area contributed by atoms with Crippen LogP contribution in [0.2, 0.25) is 0 Å². The third-order valence-electron chi connectivity index (χ3n) is 3.57. The van der Waals surface area contributed by atoms with E-state index in [0.717, 1.165) is 17.7 Å². The fraction of sp³-hybridized carbons (Fsp3) is 0.625. The Bertz CT molecular complexity index is 522.